The first-order valence-electron chi connectivity index (χ1n) is 11.6. The lowest BCUT2D eigenvalue weighted by molar-refractivity contribution is -0.116. The molecule has 0 radical (unpaired) electrons. The van der Waals surface area contributed by atoms with Crippen LogP contribution in [0.3, 0.4) is 0 Å². The molecule has 0 saturated carbocycles. The van der Waals surface area contributed by atoms with Gasteiger partial charge in [-0.2, -0.15) is 0 Å². The summed E-state index contributed by atoms with van der Waals surface area (Å²) in [4.78, 5) is 28.6. The molecule has 0 aromatic heterocycles. The minimum absolute atomic E-state index is 0.114. The van der Waals surface area contributed by atoms with Crippen LogP contribution in [0, 0.1) is 0 Å². The van der Waals surface area contributed by atoms with Crippen LogP contribution < -0.4 is 9.62 Å². The third kappa shape index (κ3) is 3.72. The fraction of sp³-hybridized carbons (Fsp3) is 0.308. The summed E-state index contributed by atoms with van der Waals surface area (Å²) < 4.78 is 27.9. The predicted molar refractivity (Wildman–Crippen MR) is 133 cm³/mol. The molecule has 8 heteroatoms. The van der Waals surface area contributed by atoms with Gasteiger partial charge < -0.3 is 10.2 Å². The van der Waals surface area contributed by atoms with Gasteiger partial charge in [-0.1, -0.05) is 49.2 Å². The number of sulfonamides is 1. The summed E-state index contributed by atoms with van der Waals surface area (Å²) in [6.07, 6.45) is 4.16. The molecular formula is C26H27N3O4S. The first-order valence-corrected chi connectivity index (χ1v) is 13.1. The van der Waals surface area contributed by atoms with Crippen molar-refractivity contribution in [2.75, 3.05) is 22.7 Å². The Kier molecular flexibility index (Phi) is 5.77. The molecule has 2 aliphatic rings. The highest BCUT2D eigenvalue weighted by Crippen LogP contribution is 2.43. The molecule has 0 bridgehead atoms. The highest BCUT2D eigenvalue weighted by molar-refractivity contribution is 7.93. The Labute approximate surface area is 199 Å². The minimum Gasteiger partial charge on any atom is -0.339 e. The van der Waals surface area contributed by atoms with E-state index in [0.29, 0.717) is 35.4 Å². The summed E-state index contributed by atoms with van der Waals surface area (Å²) in [6.45, 7) is 2.97. The van der Waals surface area contributed by atoms with Crippen molar-refractivity contribution in [3.63, 3.8) is 0 Å². The van der Waals surface area contributed by atoms with E-state index in [9.17, 15) is 18.0 Å². The second-order valence-electron chi connectivity index (χ2n) is 8.85. The molecule has 0 spiro atoms. The van der Waals surface area contributed by atoms with Crippen LogP contribution >= 0.6 is 0 Å². The van der Waals surface area contributed by atoms with Gasteiger partial charge in [0.25, 0.3) is 15.9 Å². The molecule has 0 aliphatic carbocycles. The highest BCUT2D eigenvalue weighted by atomic mass is 32.2. The number of benzene rings is 3. The number of anilines is 2. The van der Waals surface area contributed by atoms with Crippen molar-refractivity contribution in [3.05, 3.63) is 66.2 Å². The Morgan fingerprint density at radius 3 is 2.29 bits per heavy atom. The summed E-state index contributed by atoms with van der Waals surface area (Å²) >= 11 is 0. The molecule has 2 amide bonds. The number of likely N-dealkylation sites (tertiary alicyclic amines) is 1. The second-order valence-corrected chi connectivity index (χ2v) is 10.6. The van der Waals surface area contributed by atoms with Crippen LogP contribution in [0.5, 0.6) is 0 Å². The van der Waals surface area contributed by atoms with Crippen molar-refractivity contribution >= 4 is 44.0 Å². The third-order valence-electron chi connectivity index (χ3n) is 6.66. The average Bonchev–Trinajstić information content (AvgIpc) is 3.00. The molecule has 2 heterocycles. The van der Waals surface area contributed by atoms with E-state index in [2.05, 4.69) is 5.32 Å². The topological polar surface area (TPSA) is 86.8 Å². The molecule has 1 fully saturated rings. The molecule has 1 saturated heterocycles. The fourth-order valence-electron chi connectivity index (χ4n) is 4.90. The number of carbonyl (C=O) groups excluding carboxylic acids is 2. The van der Waals surface area contributed by atoms with Gasteiger partial charge in [0.15, 0.2) is 0 Å². The Balaban J connectivity index is 1.43. The van der Waals surface area contributed by atoms with Crippen LogP contribution in [-0.4, -0.2) is 44.3 Å². The Bertz CT molecular complexity index is 1370. The molecule has 176 valence electrons. The van der Waals surface area contributed by atoms with Crippen LogP contribution in [-0.2, 0) is 14.8 Å². The number of hydrogen-bond donors (Lipinski definition) is 1. The molecule has 3 aromatic carbocycles. The fourth-order valence-corrected chi connectivity index (χ4v) is 6.77. The molecule has 5 rings (SSSR count). The first-order chi connectivity index (χ1) is 16.4. The number of nitrogens with one attached hydrogen (secondary N) is 1. The minimum atomic E-state index is -3.89. The van der Waals surface area contributed by atoms with Crippen molar-refractivity contribution in [2.45, 2.75) is 43.5 Å². The molecule has 1 N–H and O–H groups in total. The smallest absolute Gasteiger partial charge is 0.265 e. The number of nitrogens with zero attached hydrogens (tertiary/aromatic N) is 2. The lowest BCUT2D eigenvalue weighted by Gasteiger charge is -2.26. The normalized spacial score (nSPS) is 17.9. The molecule has 1 atom stereocenters. The number of amides is 2. The second kappa shape index (κ2) is 8.76. The summed E-state index contributed by atoms with van der Waals surface area (Å²) in [6, 6.07) is 16.4. The molecule has 7 nitrogen and oxygen atoms in total. The number of carbonyl (C=O) groups is 2. The zero-order chi connectivity index (χ0) is 23.9. The van der Waals surface area contributed by atoms with Crippen molar-refractivity contribution in [1.82, 2.24) is 4.90 Å². The Hall–Kier alpha value is -3.39. The van der Waals surface area contributed by atoms with Gasteiger partial charge in [-0.15, -0.1) is 0 Å². The van der Waals surface area contributed by atoms with Crippen molar-refractivity contribution in [3.8, 4) is 0 Å². The monoisotopic (exact) mass is 477 g/mol. The molecular weight excluding hydrogens is 450 g/mol. The van der Waals surface area contributed by atoms with E-state index in [-0.39, 0.29) is 10.8 Å². The zero-order valence-corrected chi connectivity index (χ0v) is 19.8. The van der Waals surface area contributed by atoms with Crippen molar-refractivity contribution in [1.29, 1.82) is 0 Å². The number of hydrogen-bond acceptors (Lipinski definition) is 4. The Morgan fingerprint density at radius 2 is 1.56 bits per heavy atom. The molecule has 0 unspecified atom stereocenters. The summed E-state index contributed by atoms with van der Waals surface area (Å²) in [5, 5.41) is 4.26. The van der Waals surface area contributed by atoms with Gasteiger partial charge in [-0.3, -0.25) is 13.9 Å². The van der Waals surface area contributed by atoms with Crippen LogP contribution in [0.4, 0.5) is 11.4 Å². The van der Waals surface area contributed by atoms with Gasteiger partial charge in [-0.05, 0) is 49.4 Å². The maximum Gasteiger partial charge on any atom is 0.265 e. The summed E-state index contributed by atoms with van der Waals surface area (Å²) in [5.41, 5.74) is 1.30. The SMILES string of the molecule is C[C@H](C(=O)Nc1ccccc1C(=O)N1CCCCCC1)N1c2cccc3cccc(c23)S1(=O)=O. The first kappa shape index (κ1) is 22.4. The quantitative estimate of drug-likeness (QED) is 0.604. The lowest BCUT2D eigenvalue weighted by Crippen LogP contribution is -2.44. The maximum atomic E-state index is 13.4. The van der Waals surface area contributed by atoms with E-state index >= 15 is 0 Å². The van der Waals surface area contributed by atoms with Crippen molar-refractivity contribution in [2.24, 2.45) is 0 Å². The maximum absolute atomic E-state index is 13.4. The van der Waals surface area contributed by atoms with Gasteiger partial charge >= 0.3 is 0 Å². The van der Waals surface area contributed by atoms with Gasteiger partial charge in [0, 0.05) is 18.5 Å². The van der Waals surface area contributed by atoms with E-state index in [1.807, 2.05) is 17.0 Å². The number of para-hydroxylation sites is 1. The van der Waals surface area contributed by atoms with Crippen LogP contribution in [0.2, 0.25) is 0 Å². The molecule has 3 aromatic rings. The summed E-state index contributed by atoms with van der Waals surface area (Å²) in [5.74, 6) is -0.610. The van der Waals surface area contributed by atoms with Gasteiger partial charge in [0.05, 0.1) is 21.8 Å². The van der Waals surface area contributed by atoms with Crippen LogP contribution in [0.1, 0.15) is 43.0 Å². The van der Waals surface area contributed by atoms with Gasteiger partial charge in [0.2, 0.25) is 5.91 Å². The van der Waals surface area contributed by atoms with E-state index in [1.165, 1.54) is 4.31 Å². The van der Waals surface area contributed by atoms with Crippen LogP contribution in [0.15, 0.2) is 65.6 Å². The largest absolute Gasteiger partial charge is 0.339 e. The highest BCUT2D eigenvalue weighted by Gasteiger charge is 2.41. The van der Waals surface area contributed by atoms with E-state index in [4.69, 9.17) is 0 Å². The standard InChI is InChI=1S/C26H27N3O4S/c1-18(29-22-14-8-10-19-11-9-15-23(24(19)22)34(29,32)33)25(30)27-21-13-5-4-12-20(21)26(31)28-16-6-2-3-7-17-28/h4-5,8-15,18H,2-3,6-7,16-17H2,1H3,(H,27,30)/t18-/m1/s1. The zero-order valence-electron chi connectivity index (χ0n) is 19.0. The number of rotatable bonds is 4. The van der Waals surface area contributed by atoms with Crippen molar-refractivity contribution < 1.29 is 18.0 Å². The van der Waals surface area contributed by atoms with E-state index in [1.54, 1.807) is 55.5 Å². The lowest BCUT2D eigenvalue weighted by atomic mass is 10.1. The van der Waals surface area contributed by atoms with Gasteiger partial charge in [-0.25, -0.2) is 8.42 Å². The predicted octanol–water partition coefficient (Wildman–Crippen LogP) is 4.39. The van der Waals surface area contributed by atoms with Gasteiger partial charge in [0.1, 0.15) is 6.04 Å². The average molecular weight is 478 g/mol. The third-order valence-corrected chi connectivity index (χ3v) is 8.59. The Morgan fingerprint density at radius 1 is 0.882 bits per heavy atom. The molecule has 2 aliphatic heterocycles. The molecule has 34 heavy (non-hydrogen) atoms. The summed E-state index contributed by atoms with van der Waals surface area (Å²) in [7, 11) is -3.89. The van der Waals surface area contributed by atoms with E-state index in [0.717, 1.165) is 31.1 Å². The van der Waals surface area contributed by atoms with Crippen LogP contribution in [0.25, 0.3) is 10.8 Å². The van der Waals surface area contributed by atoms with E-state index < -0.39 is 22.0 Å².